The molecule has 3 nitrogen and oxygen atoms in total. The highest BCUT2D eigenvalue weighted by Crippen LogP contribution is 2.27. The molecule has 2 aromatic rings. The molecular weight excluding hydrogens is 248 g/mol. The van der Waals surface area contributed by atoms with Gasteiger partial charge in [0.05, 0.1) is 11.3 Å². The number of rotatable bonds is 4. The van der Waals surface area contributed by atoms with Gasteiger partial charge in [0.1, 0.15) is 0 Å². The second-order valence-corrected chi connectivity index (χ2v) is 5.06. The maximum absolute atomic E-state index is 11.6. The molecular formula is C17H20N2O. The number of hydrogen-bond acceptors (Lipinski definition) is 2. The van der Waals surface area contributed by atoms with Crippen LogP contribution in [0.4, 0.5) is 11.4 Å². The first-order valence-electron chi connectivity index (χ1n) is 6.78. The maximum atomic E-state index is 11.6. The lowest BCUT2D eigenvalue weighted by Gasteiger charge is -2.15. The zero-order valence-electron chi connectivity index (χ0n) is 12.2. The van der Waals surface area contributed by atoms with Gasteiger partial charge >= 0.3 is 0 Å². The third kappa shape index (κ3) is 2.99. The van der Waals surface area contributed by atoms with Crippen molar-refractivity contribution >= 4 is 17.3 Å². The van der Waals surface area contributed by atoms with E-state index in [9.17, 15) is 4.79 Å². The third-order valence-electron chi connectivity index (χ3n) is 3.29. The van der Waals surface area contributed by atoms with Gasteiger partial charge in [-0.3, -0.25) is 4.79 Å². The van der Waals surface area contributed by atoms with Crippen LogP contribution >= 0.6 is 0 Å². The van der Waals surface area contributed by atoms with Gasteiger partial charge in [-0.15, -0.1) is 0 Å². The van der Waals surface area contributed by atoms with Gasteiger partial charge in [0, 0.05) is 5.69 Å². The average Bonchev–Trinajstić information content (AvgIpc) is 2.37. The molecule has 3 N–H and O–H groups in total. The summed E-state index contributed by atoms with van der Waals surface area (Å²) in [4.78, 5) is 11.6. The number of anilines is 2. The summed E-state index contributed by atoms with van der Waals surface area (Å²) in [6.45, 7) is 6.17. The van der Waals surface area contributed by atoms with Crippen molar-refractivity contribution in [1.82, 2.24) is 0 Å². The van der Waals surface area contributed by atoms with Crippen molar-refractivity contribution in [3.05, 3.63) is 58.7 Å². The largest absolute Gasteiger partial charge is 0.366 e. The SMILES string of the molecule is CCc1cccc(C(N)=O)c1Nc1cc(C)cc(C)c1. The summed E-state index contributed by atoms with van der Waals surface area (Å²) in [5.41, 5.74) is 11.2. The third-order valence-corrected chi connectivity index (χ3v) is 3.29. The zero-order valence-corrected chi connectivity index (χ0v) is 12.2. The molecule has 0 saturated carbocycles. The van der Waals surface area contributed by atoms with Crippen LogP contribution in [0.25, 0.3) is 0 Å². The molecule has 20 heavy (non-hydrogen) atoms. The van der Waals surface area contributed by atoms with E-state index in [0.29, 0.717) is 5.56 Å². The molecule has 0 spiro atoms. The van der Waals surface area contributed by atoms with Gasteiger partial charge in [-0.1, -0.05) is 25.1 Å². The summed E-state index contributed by atoms with van der Waals surface area (Å²) in [7, 11) is 0. The first kappa shape index (κ1) is 14.1. The van der Waals surface area contributed by atoms with Crippen molar-refractivity contribution in [2.75, 3.05) is 5.32 Å². The summed E-state index contributed by atoms with van der Waals surface area (Å²) >= 11 is 0. The van der Waals surface area contributed by atoms with E-state index in [-0.39, 0.29) is 0 Å². The quantitative estimate of drug-likeness (QED) is 0.888. The van der Waals surface area contributed by atoms with Crippen LogP contribution in [-0.4, -0.2) is 5.91 Å². The zero-order chi connectivity index (χ0) is 14.7. The molecule has 3 heteroatoms. The average molecular weight is 268 g/mol. The molecule has 0 aliphatic rings. The minimum Gasteiger partial charge on any atom is -0.366 e. The standard InChI is InChI=1S/C17H20N2O/c1-4-13-6-5-7-15(17(18)20)16(13)19-14-9-11(2)8-12(3)10-14/h5-10,19H,4H2,1-3H3,(H2,18,20). The van der Waals surface area contributed by atoms with Crippen LogP contribution in [0.15, 0.2) is 36.4 Å². The maximum Gasteiger partial charge on any atom is 0.250 e. The fraction of sp³-hybridized carbons (Fsp3) is 0.235. The molecule has 1 amide bonds. The van der Waals surface area contributed by atoms with E-state index in [0.717, 1.165) is 23.4 Å². The molecule has 0 radical (unpaired) electrons. The summed E-state index contributed by atoms with van der Waals surface area (Å²) in [6.07, 6.45) is 0.842. The normalized spacial score (nSPS) is 10.3. The van der Waals surface area contributed by atoms with Gasteiger partial charge in [-0.25, -0.2) is 0 Å². The predicted octanol–water partition coefficient (Wildman–Crippen LogP) is 3.71. The Balaban J connectivity index is 2.48. The summed E-state index contributed by atoms with van der Waals surface area (Å²) in [5.74, 6) is -0.410. The Morgan fingerprint density at radius 1 is 1.15 bits per heavy atom. The number of primary amides is 1. The number of amides is 1. The van der Waals surface area contributed by atoms with Crippen LogP contribution in [0.3, 0.4) is 0 Å². The molecule has 0 bridgehead atoms. The highest BCUT2D eigenvalue weighted by atomic mass is 16.1. The van der Waals surface area contributed by atoms with Crippen molar-refractivity contribution < 1.29 is 4.79 Å². The Hall–Kier alpha value is -2.29. The Morgan fingerprint density at radius 2 is 1.80 bits per heavy atom. The van der Waals surface area contributed by atoms with Gasteiger partial charge in [-0.05, 0) is 55.2 Å². The molecule has 0 saturated heterocycles. The van der Waals surface area contributed by atoms with Crippen molar-refractivity contribution in [3.8, 4) is 0 Å². The van der Waals surface area contributed by atoms with Gasteiger partial charge < -0.3 is 11.1 Å². The van der Waals surface area contributed by atoms with E-state index in [1.54, 1.807) is 6.07 Å². The molecule has 0 fully saturated rings. The molecule has 0 aromatic heterocycles. The molecule has 0 atom stereocenters. The number of para-hydroxylation sites is 1. The van der Waals surface area contributed by atoms with Gasteiger partial charge in [-0.2, -0.15) is 0 Å². The van der Waals surface area contributed by atoms with Crippen LogP contribution in [0.2, 0.25) is 0 Å². The Bertz CT molecular complexity index is 627. The molecule has 0 aliphatic heterocycles. The highest BCUT2D eigenvalue weighted by molar-refractivity contribution is 6.00. The number of carbonyl (C=O) groups is 1. The highest BCUT2D eigenvalue weighted by Gasteiger charge is 2.12. The first-order chi connectivity index (χ1) is 9.51. The second kappa shape index (κ2) is 5.78. The van der Waals surface area contributed by atoms with Crippen LogP contribution in [0, 0.1) is 13.8 Å². The summed E-state index contributed by atoms with van der Waals surface area (Å²) in [6, 6.07) is 11.9. The van der Waals surface area contributed by atoms with E-state index in [1.807, 2.05) is 12.1 Å². The van der Waals surface area contributed by atoms with Crippen molar-refractivity contribution in [3.63, 3.8) is 0 Å². The fourth-order valence-electron chi connectivity index (χ4n) is 2.44. The van der Waals surface area contributed by atoms with E-state index in [1.165, 1.54) is 11.1 Å². The van der Waals surface area contributed by atoms with Gasteiger partial charge in [0.2, 0.25) is 0 Å². The van der Waals surface area contributed by atoms with Crippen molar-refractivity contribution in [2.45, 2.75) is 27.2 Å². The Kier molecular flexibility index (Phi) is 4.08. The van der Waals surface area contributed by atoms with Gasteiger partial charge in [0.25, 0.3) is 5.91 Å². The van der Waals surface area contributed by atoms with Crippen LogP contribution in [-0.2, 0) is 6.42 Å². The summed E-state index contributed by atoms with van der Waals surface area (Å²) < 4.78 is 0. The molecule has 0 heterocycles. The van der Waals surface area contributed by atoms with Crippen LogP contribution < -0.4 is 11.1 Å². The topological polar surface area (TPSA) is 55.1 Å². The number of aryl methyl sites for hydroxylation is 3. The number of hydrogen-bond donors (Lipinski definition) is 2. The Morgan fingerprint density at radius 3 is 2.35 bits per heavy atom. The number of nitrogens with one attached hydrogen (secondary N) is 1. The van der Waals surface area contributed by atoms with Crippen molar-refractivity contribution in [1.29, 1.82) is 0 Å². The molecule has 0 unspecified atom stereocenters. The number of nitrogens with two attached hydrogens (primary N) is 1. The Labute approximate surface area is 119 Å². The number of carbonyl (C=O) groups excluding carboxylic acids is 1. The molecule has 104 valence electrons. The monoisotopic (exact) mass is 268 g/mol. The van der Waals surface area contributed by atoms with E-state index < -0.39 is 5.91 Å². The van der Waals surface area contributed by atoms with Crippen molar-refractivity contribution in [2.24, 2.45) is 5.73 Å². The molecule has 2 rings (SSSR count). The second-order valence-electron chi connectivity index (χ2n) is 5.06. The molecule has 2 aromatic carbocycles. The lowest BCUT2D eigenvalue weighted by Crippen LogP contribution is -2.14. The van der Waals surface area contributed by atoms with Crippen LogP contribution in [0.1, 0.15) is 34.0 Å². The smallest absolute Gasteiger partial charge is 0.250 e. The first-order valence-corrected chi connectivity index (χ1v) is 6.78. The fourth-order valence-corrected chi connectivity index (χ4v) is 2.44. The van der Waals surface area contributed by atoms with E-state index in [2.05, 4.69) is 44.3 Å². The lowest BCUT2D eigenvalue weighted by molar-refractivity contribution is 0.100. The minimum absolute atomic E-state index is 0.410. The van der Waals surface area contributed by atoms with E-state index in [4.69, 9.17) is 5.73 Å². The van der Waals surface area contributed by atoms with Gasteiger partial charge in [0.15, 0.2) is 0 Å². The van der Waals surface area contributed by atoms with E-state index >= 15 is 0 Å². The minimum atomic E-state index is -0.410. The lowest BCUT2D eigenvalue weighted by atomic mass is 10.0. The summed E-state index contributed by atoms with van der Waals surface area (Å²) in [5, 5.41) is 3.35. The van der Waals surface area contributed by atoms with Crippen LogP contribution in [0.5, 0.6) is 0 Å². The predicted molar refractivity (Wildman–Crippen MR) is 83.5 cm³/mol. The number of benzene rings is 2. The molecule has 0 aliphatic carbocycles.